The fourth-order valence-electron chi connectivity index (χ4n) is 4.93. The van der Waals surface area contributed by atoms with Crippen molar-refractivity contribution in [3.63, 3.8) is 0 Å². The van der Waals surface area contributed by atoms with Crippen molar-refractivity contribution in [3.05, 3.63) is 0 Å². The first-order chi connectivity index (χ1) is 11.7. The van der Waals surface area contributed by atoms with Crippen LogP contribution in [0.2, 0.25) is 0 Å². The number of ether oxygens (including phenoxy) is 2. The van der Waals surface area contributed by atoms with Gasteiger partial charge >= 0.3 is 0 Å². The van der Waals surface area contributed by atoms with E-state index < -0.39 is 0 Å². The molecule has 4 aliphatic rings. The van der Waals surface area contributed by atoms with Gasteiger partial charge in [0.25, 0.3) is 5.91 Å². The smallest absolute Gasteiger partial charge is 0.251 e. The van der Waals surface area contributed by atoms with Crippen LogP contribution in [0, 0.1) is 5.92 Å². The van der Waals surface area contributed by atoms with Crippen molar-refractivity contribution in [2.24, 2.45) is 5.92 Å². The summed E-state index contributed by atoms with van der Waals surface area (Å²) >= 11 is 0. The number of piperidine rings is 1. The average molecular weight is 336 g/mol. The molecule has 0 aromatic heterocycles. The van der Waals surface area contributed by atoms with Crippen LogP contribution in [-0.2, 0) is 14.3 Å². The summed E-state index contributed by atoms with van der Waals surface area (Å²) in [6, 6.07) is 0. The summed E-state index contributed by atoms with van der Waals surface area (Å²) in [7, 11) is 0. The lowest BCUT2D eigenvalue weighted by Gasteiger charge is -2.40. The molecule has 1 amide bonds. The number of amides is 1. The molecule has 0 aliphatic carbocycles. The highest BCUT2D eigenvalue weighted by atomic mass is 16.5. The third-order valence-corrected chi connectivity index (χ3v) is 6.57. The van der Waals surface area contributed by atoms with Crippen molar-refractivity contribution in [2.45, 2.75) is 63.1 Å². The number of likely N-dealkylation sites (tertiary alicyclic amines) is 2. The number of carbonyl (C=O) groups is 1. The molecule has 0 saturated carbocycles. The lowest BCUT2D eigenvalue weighted by molar-refractivity contribution is -0.150. The van der Waals surface area contributed by atoms with Gasteiger partial charge in [-0.25, -0.2) is 0 Å². The molecule has 4 heterocycles. The molecule has 0 aromatic carbocycles. The summed E-state index contributed by atoms with van der Waals surface area (Å²) in [5, 5.41) is 0. The average Bonchev–Trinajstić information content (AvgIpc) is 3.28. The van der Waals surface area contributed by atoms with Crippen molar-refractivity contribution in [1.82, 2.24) is 9.80 Å². The van der Waals surface area contributed by atoms with E-state index in [0.717, 1.165) is 83.8 Å². The van der Waals surface area contributed by atoms with Gasteiger partial charge in [-0.1, -0.05) is 0 Å². The second-order valence-corrected chi connectivity index (χ2v) is 8.22. The standard InChI is InChI=1S/C19H32N2O3/c22-18(21-9-1-2-10-21)17-3-6-19(24-17)7-11-20(12-8-19)15-16-4-13-23-14-5-16/h16-17H,1-15H2/t17-/m0/s1. The van der Waals surface area contributed by atoms with Crippen LogP contribution in [0.4, 0.5) is 0 Å². The molecular weight excluding hydrogens is 304 g/mol. The predicted molar refractivity (Wildman–Crippen MR) is 91.9 cm³/mol. The van der Waals surface area contributed by atoms with Crippen LogP contribution in [0.15, 0.2) is 0 Å². The van der Waals surface area contributed by atoms with Crippen LogP contribution in [-0.4, -0.2) is 73.3 Å². The minimum Gasteiger partial charge on any atom is -0.381 e. The van der Waals surface area contributed by atoms with Crippen molar-refractivity contribution >= 4 is 5.91 Å². The van der Waals surface area contributed by atoms with Gasteiger partial charge in [-0.05, 0) is 57.3 Å². The Kier molecular flexibility index (Phi) is 5.11. The van der Waals surface area contributed by atoms with E-state index in [0.29, 0.717) is 0 Å². The molecule has 4 fully saturated rings. The molecule has 4 saturated heterocycles. The second kappa shape index (κ2) is 7.30. The number of rotatable bonds is 3. The van der Waals surface area contributed by atoms with Crippen LogP contribution in [0.25, 0.3) is 0 Å². The Labute approximate surface area is 145 Å². The molecule has 0 aromatic rings. The molecule has 136 valence electrons. The van der Waals surface area contributed by atoms with E-state index in [1.54, 1.807) is 0 Å². The van der Waals surface area contributed by atoms with Gasteiger partial charge in [0.1, 0.15) is 6.10 Å². The highest BCUT2D eigenvalue weighted by Gasteiger charge is 2.45. The monoisotopic (exact) mass is 336 g/mol. The Morgan fingerprint density at radius 2 is 1.67 bits per heavy atom. The molecule has 0 N–H and O–H groups in total. The summed E-state index contributed by atoms with van der Waals surface area (Å²) < 4.78 is 11.8. The van der Waals surface area contributed by atoms with Crippen molar-refractivity contribution in [1.29, 1.82) is 0 Å². The molecule has 0 bridgehead atoms. The van der Waals surface area contributed by atoms with E-state index in [2.05, 4.69) is 4.90 Å². The Morgan fingerprint density at radius 1 is 0.958 bits per heavy atom. The van der Waals surface area contributed by atoms with E-state index >= 15 is 0 Å². The Hall–Kier alpha value is -0.650. The Morgan fingerprint density at radius 3 is 2.38 bits per heavy atom. The zero-order valence-corrected chi connectivity index (χ0v) is 14.9. The summed E-state index contributed by atoms with van der Waals surface area (Å²) in [6.07, 6.45) is 8.77. The van der Waals surface area contributed by atoms with Gasteiger partial charge in [0.15, 0.2) is 0 Å². The van der Waals surface area contributed by atoms with Crippen LogP contribution < -0.4 is 0 Å². The minimum absolute atomic E-state index is 0.00771. The van der Waals surface area contributed by atoms with E-state index in [1.807, 2.05) is 4.90 Å². The van der Waals surface area contributed by atoms with Crippen LogP contribution >= 0.6 is 0 Å². The minimum atomic E-state index is -0.162. The van der Waals surface area contributed by atoms with E-state index in [9.17, 15) is 4.79 Å². The maximum absolute atomic E-state index is 12.6. The van der Waals surface area contributed by atoms with Gasteiger partial charge in [-0.3, -0.25) is 4.79 Å². The molecule has 5 heteroatoms. The number of carbonyl (C=O) groups excluding carboxylic acids is 1. The molecule has 4 aliphatic heterocycles. The zero-order chi connectivity index (χ0) is 16.4. The molecule has 0 unspecified atom stereocenters. The second-order valence-electron chi connectivity index (χ2n) is 8.22. The summed E-state index contributed by atoms with van der Waals surface area (Å²) in [6.45, 7) is 7.21. The molecule has 1 atom stereocenters. The highest BCUT2D eigenvalue weighted by molar-refractivity contribution is 5.81. The molecule has 24 heavy (non-hydrogen) atoms. The molecule has 5 nitrogen and oxygen atoms in total. The van der Waals surface area contributed by atoms with Crippen molar-refractivity contribution < 1.29 is 14.3 Å². The SMILES string of the molecule is O=C([C@@H]1CCC2(CCN(CC3CCOCC3)CC2)O1)N1CCCC1. The van der Waals surface area contributed by atoms with E-state index in [-0.39, 0.29) is 17.6 Å². The van der Waals surface area contributed by atoms with Crippen LogP contribution in [0.1, 0.15) is 51.4 Å². The van der Waals surface area contributed by atoms with Gasteiger partial charge in [0, 0.05) is 45.9 Å². The maximum Gasteiger partial charge on any atom is 0.251 e. The lowest BCUT2D eigenvalue weighted by atomic mass is 9.87. The van der Waals surface area contributed by atoms with Gasteiger partial charge in [0.05, 0.1) is 5.60 Å². The van der Waals surface area contributed by atoms with Crippen molar-refractivity contribution in [3.8, 4) is 0 Å². The third kappa shape index (κ3) is 3.63. The maximum atomic E-state index is 12.6. The first-order valence-corrected chi connectivity index (χ1v) is 10.0. The van der Waals surface area contributed by atoms with Gasteiger partial charge in [-0.2, -0.15) is 0 Å². The van der Waals surface area contributed by atoms with E-state index in [4.69, 9.17) is 9.47 Å². The summed E-state index contributed by atoms with van der Waals surface area (Å²) in [5.41, 5.74) is -0.00771. The quantitative estimate of drug-likeness (QED) is 0.791. The fraction of sp³-hybridized carbons (Fsp3) is 0.947. The third-order valence-electron chi connectivity index (χ3n) is 6.57. The number of hydrogen-bond donors (Lipinski definition) is 0. The molecule has 4 rings (SSSR count). The summed E-state index contributed by atoms with van der Waals surface area (Å²) in [4.78, 5) is 17.2. The topological polar surface area (TPSA) is 42.0 Å². The molecular formula is C19H32N2O3. The highest BCUT2D eigenvalue weighted by Crippen LogP contribution is 2.40. The van der Waals surface area contributed by atoms with Crippen LogP contribution in [0.5, 0.6) is 0 Å². The van der Waals surface area contributed by atoms with Crippen molar-refractivity contribution in [2.75, 3.05) is 45.9 Å². The normalized spacial score (nSPS) is 31.8. The zero-order valence-electron chi connectivity index (χ0n) is 14.9. The van der Waals surface area contributed by atoms with E-state index in [1.165, 1.54) is 19.4 Å². The molecule has 0 radical (unpaired) electrons. The first-order valence-electron chi connectivity index (χ1n) is 10.0. The Bertz CT molecular complexity index is 436. The van der Waals surface area contributed by atoms with Gasteiger partial charge in [0.2, 0.25) is 0 Å². The lowest BCUT2D eigenvalue weighted by Crippen LogP contribution is -2.47. The first kappa shape index (κ1) is 16.8. The summed E-state index contributed by atoms with van der Waals surface area (Å²) in [5.74, 6) is 1.07. The van der Waals surface area contributed by atoms with Gasteiger partial charge in [-0.15, -0.1) is 0 Å². The number of nitrogens with zero attached hydrogens (tertiary/aromatic N) is 2. The Balaban J connectivity index is 1.25. The predicted octanol–water partition coefficient (Wildman–Crippen LogP) is 2.05. The largest absolute Gasteiger partial charge is 0.381 e. The van der Waals surface area contributed by atoms with Crippen LogP contribution in [0.3, 0.4) is 0 Å². The number of hydrogen-bond acceptors (Lipinski definition) is 4. The van der Waals surface area contributed by atoms with Gasteiger partial charge < -0.3 is 19.3 Å². The fourth-order valence-corrected chi connectivity index (χ4v) is 4.93. The molecule has 1 spiro atoms.